The van der Waals surface area contributed by atoms with Crippen molar-refractivity contribution in [3.05, 3.63) is 0 Å². The molecule has 5 nitrogen and oxygen atoms in total. The monoisotopic (exact) mass is 219 g/mol. The second kappa shape index (κ2) is 6.47. The van der Waals surface area contributed by atoms with Gasteiger partial charge in [-0.15, -0.1) is 0 Å². The van der Waals surface area contributed by atoms with Gasteiger partial charge in [0.1, 0.15) is 0 Å². The summed E-state index contributed by atoms with van der Waals surface area (Å²) in [4.78, 5) is 17.2. The van der Waals surface area contributed by atoms with Gasteiger partial charge in [0.25, 0.3) is 0 Å². The third kappa shape index (κ3) is 12.9. The molecule has 0 spiro atoms. The molecule has 0 unspecified atom stereocenters. The topological polar surface area (TPSA) is 90.5 Å². The molecular formula is CH3FeKNO4P. The van der Waals surface area contributed by atoms with Crippen LogP contribution in [0.5, 0.6) is 0 Å². The van der Waals surface area contributed by atoms with E-state index in [-0.39, 0.29) is 51.4 Å². The van der Waals surface area contributed by atoms with E-state index in [1.54, 1.807) is 0 Å². The Labute approximate surface area is 101 Å². The molecule has 8 heteroatoms. The van der Waals surface area contributed by atoms with Crippen LogP contribution >= 0.6 is 7.82 Å². The second-order valence-electron chi connectivity index (χ2n) is 0.706. The number of nitriles is 1. The Hall–Kier alpha value is 1.76. The fourth-order valence-corrected chi connectivity index (χ4v) is 0.699. The summed E-state index contributed by atoms with van der Waals surface area (Å²) < 4.78 is 13.4. The van der Waals surface area contributed by atoms with Crippen molar-refractivity contribution in [3.63, 3.8) is 0 Å². The molecule has 0 amide bonds. The fourth-order valence-electron chi connectivity index (χ4n) is 0.0565. The van der Waals surface area contributed by atoms with Crippen LogP contribution in [0.15, 0.2) is 0 Å². The molecule has 0 aromatic rings. The minimum atomic E-state index is -4.40. The predicted molar refractivity (Wildman–Crippen MR) is 25.9 cm³/mol. The predicted octanol–water partition coefficient (Wildman–Crippen LogP) is -1.07. The number of rotatable bonds is 2. The average Bonchev–Trinajstić information content (AvgIpc) is 1.59. The first-order chi connectivity index (χ1) is 3.56. The third-order valence-corrected chi connectivity index (χ3v) is 1.57. The summed E-state index contributed by atoms with van der Waals surface area (Å²) >= 11 is -0.579. The van der Waals surface area contributed by atoms with Crippen molar-refractivity contribution in [3.8, 4) is 4.97 Å². The maximum absolute atomic E-state index is 9.71. The molecule has 0 aliphatic heterocycles. The second-order valence-corrected chi connectivity index (χ2v) is 2.89. The van der Waals surface area contributed by atoms with E-state index in [1.165, 1.54) is 4.97 Å². The SMILES string of the molecule is N#[C][Fe][O]P(=O)(O)O.[KH]. The van der Waals surface area contributed by atoms with E-state index in [2.05, 4.69) is 3.61 Å². The molecule has 50 valence electrons. The van der Waals surface area contributed by atoms with E-state index in [1.807, 2.05) is 0 Å². The summed E-state index contributed by atoms with van der Waals surface area (Å²) in [6.45, 7) is 0. The summed E-state index contributed by atoms with van der Waals surface area (Å²) in [5.41, 5.74) is 0. The van der Waals surface area contributed by atoms with Crippen LogP contribution in [0.4, 0.5) is 0 Å². The van der Waals surface area contributed by atoms with Crippen molar-refractivity contribution in [1.82, 2.24) is 0 Å². The first-order valence-electron chi connectivity index (χ1n) is 1.31. The van der Waals surface area contributed by atoms with Crippen molar-refractivity contribution in [2.24, 2.45) is 0 Å². The zero-order chi connectivity index (χ0) is 6.62. The molecule has 0 atom stereocenters. The Balaban J connectivity index is 0. The third-order valence-electron chi connectivity index (χ3n) is 0.149. The van der Waals surface area contributed by atoms with Crippen LogP contribution in [0, 0.1) is 10.2 Å². The van der Waals surface area contributed by atoms with Gasteiger partial charge in [0.15, 0.2) is 0 Å². The van der Waals surface area contributed by atoms with E-state index in [4.69, 9.17) is 15.0 Å². The molecule has 0 radical (unpaired) electrons. The van der Waals surface area contributed by atoms with E-state index < -0.39 is 23.1 Å². The van der Waals surface area contributed by atoms with Crippen LogP contribution in [-0.4, -0.2) is 61.2 Å². The van der Waals surface area contributed by atoms with Crippen LogP contribution in [0.3, 0.4) is 0 Å². The maximum atomic E-state index is 9.71. The average molecular weight is 219 g/mol. The molecule has 0 rings (SSSR count). The van der Waals surface area contributed by atoms with Gasteiger partial charge in [-0.3, -0.25) is 0 Å². The van der Waals surface area contributed by atoms with Crippen LogP contribution in [0.2, 0.25) is 0 Å². The zero-order valence-corrected chi connectivity index (χ0v) is 5.46. The first kappa shape index (κ1) is 13.4. The van der Waals surface area contributed by atoms with Crippen molar-refractivity contribution in [2.45, 2.75) is 0 Å². The summed E-state index contributed by atoms with van der Waals surface area (Å²) in [6, 6.07) is 0. The van der Waals surface area contributed by atoms with E-state index >= 15 is 0 Å². The summed E-state index contributed by atoms with van der Waals surface area (Å²) in [7, 11) is -4.40. The fraction of sp³-hybridized carbons (Fsp3) is 0. The van der Waals surface area contributed by atoms with Crippen molar-refractivity contribution < 1.29 is 33.2 Å². The van der Waals surface area contributed by atoms with Gasteiger partial charge >= 0.3 is 103 Å². The molecular weight excluding hydrogens is 216 g/mol. The van der Waals surface area contributed by atoms with Crippen molar-refractivity contribution >= 4 is 59.2 Å². The Morgan fingerprint density at radius 1 is 1.67 bits per heavy atom. The van der Waals surface area contributed by atoms with Gasteiger partial charge in [-0.25, -0.2) is 0 Å². The van der Waals surface area contributed by atoms with Gasteiger partial charge in [0.05, 0.1) is 0 Å². The van der Waals surface area contributed by atoms with Gasteiger partial charge < -0.3 is 0 Å². The Morgan fingerprint density at radius 3 is 2.22 bits per heavy atom. The Kier molecular flexibility index (Phi) is 9.59. The number of nitrogens with zero attached hydrogens (tertiary/aromatic N) is 1. The van der Waals surface area contributed by atoms with E-state index in [0.717, 1.165) is 0 Å². The summed E-state index contributed by atoms with van der Waals surface area (Å²) in [6.07, 6.45) is 0. The van der Waals surface area contributed by atoms with Gasteiger partial charge in [0, 0.05) is 0 Å². The molecule has 0 saturated heterocycles. The Morgan fingerprint density at radius 2 is 2.11 bits per heavy atom. The molecule has 9 heavy (non-hydrogen) atoms. The summed E-state index contributed by atoms with van der Waals surface area (Å²) in [5.74, 6) is 0. The van der Waals surface area contributed by atoms with Gasteiger partial charge in [0.2, 0.25) is 0 Å². The number of phosphoric acid groups is 1. The Bertz CT molecular complexity index is 149. The molecule has 0 bridgehead atoms. The molecule has 0 aliphatic rings. The van der Waals surface area contributed by atoms with Crippen molar-refractivity contribution in [2.75, 3.05) is 0 Å². The molecule has 0 aromatic heterocycles. The van der Waals surface area contributed by atoms with E-state index in [0.29, 0.717) is 0 Å². The zero-order valence-electron chi connectivity index (χ0n) is 3.46. The molecule has 0 aromatic carbocycles. The molecule has 0 aliphatic carbocycles. The standard InChI is InChI=1S/CN.Fe.K.H3O4P.H/c1-2;;;1-5(2,3)4;/h;;;(H3,1,2,3,4);/q;+1;;;/p-1. The van der Waals surface area contributed by atoms with Gasteiger partial charge in [-0.1, -0.05) is 0 Å². The number of hydrogen-bond donors (Lipinski definition) is 2. The van der Waals surface area contributed by atoms with Crippen LogP contribution < -0.4 is 0 Å². The summed E-state index contributed by atoms with van der Waals surface area (Å²) in [5, 5.41) is 7.71. The van der Waals surface area contributed by atoms with Crippen molar-refractivity contribution in [1.29, 1.82) is 5.26 Å². The molecule has 0 fully saturated rings. The molecule has 2 N–H and O–H groups in total. The van der Waals surface area contributed by atoms with Crippen LogP contribution in [0.25, 0.3) is 0 Å². The molecule has 0 saturated carbocycles. The van der Waals surface area contributed by atoms with Crippen LogP contribution in [-0.2, 0) is 23.5 Å². The quantitative estimate of drug-likeness (QED) is 0.455. The molecule has 0 heterocycles. The normalized spacial score (nSPS) is 9.89. The van der Waals surface area contributed by atoms with E-state index in [9.17, 15) is 4.57 Å². The first-order valence-corrected chi connectivity index (χ1v) is 3.84. The van der Waals surface area contributed by atoms with Gasteiger partial charge in [-0.2, -0.15) is 0 Å². The van der Waals surface area contributed by atoms with Gasteiger partial charge in [-0.05, 0) is 0 Å². The van der Waals surface area contributed by atoms with Crippen LogP contribution in [0.1, 0.15) is 0 Å². The number of hydrogen-bond acceptors (Lipinski definition) is 3. The minimum absolute atomic E-state index is 0.